The summed E-state index contributed by atoms with van der Waals surface area (Å²) in [5.41, 5.74) is 0. The zero-order valence-corrected chi connectivity index (χ0v) is 25.1. The van der Waals surface area contributed by atoms with Crippen molar-refractivity contribution in [3.05, 3.63) is 0 Å². The molecule has 0 N–H and O–H groups in total. The van der Waals surface area contributed by atoms with Gasteiger partial charge in [0.25, 0.3) is 0 Å². The van der Waals surface area contributed by atoms with Crippen LogP contribution in [-0.2, 0) is 76.2 Å². The molecule has 0 amide bonds. The summed E-state index contributed by atoms with van der Waals surface area (Å²) in [6.45, 7) is 7.21. The van der Waals surface area contributed by atoms with Crippen LogP contribution in [0.5, 0.6) is 0 Å². The van der Waals surface area contributed by atoms with Crippen molar-refractivity contribution in [2.75, 3.05) is 13.2 Å². The van der Waals surface area contributed by atoms with Gasteiger partial charge in [0.05, 0.1) is 6.61 Å². The van der Waals surface area contributed by atoms with Gasteiger partial charge in [-0.25, -0.2) is 0 Å². The Morgan fingerprint density at radius 3 is 1.51 bits per heavy atom. The summed E-state index contributed by atoms with van der Waals surface area (Å²) in [6, 6.07) is 0. The van der Waals surface area contributed by atoms with Crippen LogP contribution in [0.3, 0.4) is 0 Å². The Balaban J connectivity index is 2.57. The van der Waals surface area contributed by atoms with E-state index in [1.54, 1.807) is 0 Å². The monoisotopic (exact) mass is 618 g/mol. The van der Waals surface area contributed by atoms with Gasteiger partial charge in [-0.15, -0.1) is 0 Å². The summed E-state index contributed by atoms with van der Waals surface area (Å²) in [5, 5.41) is 0. The van der Waals surface area contributed by atoms with Gasteiger partial charge in [-0.1, -0.05) is 0 Å². The molecule has 16 nitrogen and oxygen atoms in total. The van der Waals surface area contributed by atoms with Crippen LogP contribution in [0.4, 0.5) is 0 Å². The predicted octanol–water partition coefficient (Wildman–Crippen LogP) is 0.291. The molecule has 1 aliphatic heterocycles. The van der Waals surface area contributed by atoms with Gasteiger partial charge in [-0.05, 0) is 6.42 Å². The maximum absolute atomic E-state index is 12.2. The lowest BCUT2D eigenvalue weighted by Crippen LogP contribution is -2.64. The topological polar surface area (TPSA) is 203 Å². The van der Waals surface area contributed by atoms with Gasteiger partial charge in [0.15, 0.2) is 24.6 Å². The Bertz CT molecular complexity index is 1060. The van der Waals surface area contributed by atoms with E-state index in [-0.39, 0.29) is 19.4 Å². The predicted molar refractivity (Wildman–Crippen MR) is 137 cm³/mol. The van der Waals surface area contributed by atoms with Gasteiger partial charge >= 0.3 is 41.8 Å². The molecule has 0 aromatic heterocycles. The van der Waals surface area contributed by atoms with Crippen molar-refractivity contribution in [2.45, 2.75) is 110 Å². The van der Waals surface area contributed by atoms with Crippen LogP contribution in [0.25, 0.3) is 0 Å². The fourth-order valence-electron chi connectivity index (χ4n) is 4.95. The van der Waals surface area contributed by atoms with Gasteiger partial charge in [-0.3, -0.25) is 33.6 Å². The summed E-state index contributed by atoms with van der Waals surface area (Å²) in [7, 11) is 0. The van der Waals surface area contributed by atoms with Crippen molar-refractivity contribution in [3.8, 4) is 0 Å². The molecule has 0 aromatic carbocycles. The Morgan fingerprint density at radius 2 is 1.00 bits per heavy atom. The lowest BCUT2D eigenvalue weighted by molar-refractivity contribution is -0.327. The van der Waals surface area contributed by atoms with Gasteiger partial charge in [0.1, 0.15) is 31.0 Å². The zero-order valence-electron chi connectivity index (χ0n) is 25.1. The first-order valence-corrected chi connectivity index (χ1v) is 13.5. The molecular weight excluding hydrogens is 580 g/mol. The van der Waals surface area contributed by atoms with E-state index >= 15 is 0 Å². The third-order valence-corrected chi connectivity index (χ3v) is 6.28. The van der Waals surface area contributed by atoms with Crippen LogP contribution in [0.1, 0.15) is 61.3 Å². The van der Waals surface area contributed by atoms with E-state index < -0.39 is 103 Å². The SMILES string of the molecule is CC(=O)OC[C@@H]1C[C@H](OC(C)=O)C[C@H](O[C@@H]2O[C@H](COC(C)=O)[C@@H](OC(C)=O)[C@H](OC(C)=O)[C@H]2OC(C)=O)[C@H]1OC(C)=O. The normalized spacial score (nSPS) is 30.2. The molecule has 9 atom stereocenters. The number of carbonyl (C=O) groups excluding carboxylic acids is 7. The minimum absolute atomic E-state index is 0.0407. The Kier molecular flexibility index (Phi) is 13.3. The highest BCUT2D eigenvalue weighted by Crippen LogP contribution is 2.36. The van der Waals surface area contributed by atoms with Crippen molar-refractivity contribution in [1.29, 1.82) is 0 Å². The Labute approximate surface area is 247 Å². The minimum Gasteiger partial charge on any atom is -0.465 e. The molecule has 1 saturated carbocycles. The number of rotatable bonds is 11. The van der Waals surface area contributed by atoms with E-state index in [9.17, 15) is 33.6 Å². The summed E-state index contributed by atoms with van der Waals surface area (Å²) in [4.78, 5) is 83.3. The summed E-state index contributed by atoms with van der Waals surface area (Å²) >= 11 is 0. The molecule has 1 aliphatic carbocycles. The highest BCUT2D eigenvalue weighted by Gasteiger charge is 2.55. The molecule has 0 aromatic rings. The minimum atomic E-state index is -1.59. The van der Waals surface area contributed by atoms with Crippen LogP contribution in [-0.4, -0.2) is 104 Å². The second-order valence-corrected chi connectivity index (χ2v) is 10.1. The van der Waals surface area contributed by atoms with Crippen LogP contribution in [0.15, 0.2) is 0 Å². The third-order valence-electron chi connectivity index (χ3n) is 6.28. The highest BCUT2D eigenvalue weighted by atomic mass is 16.7. The fraction of sp³-hybridized carbons (Fsp3) is 0.741. The number of carbonyl (C=O) groups is 7. The van der Waals surface area contributed by atoms with Gasteiger partial charge in [-0.2, -0.15) is 0 Å². The van der Waals surface area contributed by atoms with E-state index in [1.165, 1.54) is 13.8 Å². The molecule has 2 aliphatic rings. The van der Waals surface area contributed by atoms with E-state index in [0.717, 1.165) is 34.6 Å². The van der Waals surface area contributed by atoms with Gasteiger partial charge in [0, 0.05) is 60.8 Å². The third kappa shape index (κ3) is 11.4. The van der Waals surface area contributed by atoms with Crippen LogP contribution in [0, 0.1) is 5.92 Å². The maximum Gasteiger partial charge on any atom is 0.303 e. The van der Waals surface area contributed by atoms with Crippen molar-refractivity contribution in [3.63, 3.8) is 0 Å². The van der Waals surface area contributed by atoms with Crippen LogP contribution in [0.2, 0.25) is 0 Å². The molecule has 0 unspecified atom stereocenters. The zero-order chi connectivity index (χ0) is 32.4. The molecule has 2 fully saturated rings. The second-order valence-electron chi connectivity index (χ2n) is 10.1. The lowest BCUT2D eigenvalue weighted by Gasteiger charge is -2.47. The van der Waals surface area contributed by atoms with Gasteiger partial charge in [0.2, 0.25) is 0 Å². The maximum atomic E-state index is 12.2. The average Bonchev–Trinajstić information content (AvgIpc) is 2.85. The molecule has 16 heteroatoms. The Morgan fingerprint density at radius 1 is 0.535 bits per heavy atom. The molecule has 2 rings (SSSR count). The highest BCUT2D eigenvalue weighted by molar-refractivity contribution is 5.69. The molecule has 0 spiro atoms. The quantitative estimate of drug-likeness (QED) is 0.225. The molecule has 0 bridgehead atoms. The molecule has 1 heterocycles. The van der Waals surface area contributed by atoms with Crippen molar-refractivity contribution >= 4 is 41.8 Å². The van der Waals surface area contributed by atoms with Gasteiger partial charge < -0.3 is 42.6 Å². The summed E-state index contributed by atoms with van der Waals surface area (Å²) in [5.74, 6) is -5.79. The lowest BCUT2D eigenvalue weighted by atomic mass is 9.82. The smallest absolute Gasteiger partial charge is 0.303 e. The largest absolute Gasteiger partial charge is 0.465 e. The van der Waals surface area contributed by atoms with E-state index in [0.29, 0.717) is 0 Å². The number of ether oxygens (including phenoxy) is 9. The molecule has 43 heavy (non-hydrogen) atoms. The molecule has 242 valence electrons. The summed E-state index contributed by atoms with van der Waals surface area (Å²) < 4.78 is 49.6. The first-order valence-electron chi connectivity index (χ1n) is 13.5. The fourth-order valence-corrected chi connectivity index (χ4v) is 4.95. The number of esters is 7. The van der Waals surface area contributed by atoms with Crippen molar-refractivity contribution in [2.24, 2.45) is 5.92 Å². The van der Waals surface area contributed by atoms with Crippen LogP contribution >= 0.6 is 0 Å². The molecular formula is C27H38O16. The first-order chi connectivity index (χ1) is 20.1. The van der Waals surface area contributed by atoms with Crippen molar-refractivity contribution in [1.82, 2.24) is 0 Å². The van der Waals surface area contributed by atoms with Crippen molar-refractivity contribution < 1.29 is 76.2 Å². The van der Waals surface area contributed by atoms with E-state index in [2.05, 4.69) is 0 Å². The van der Waals surface area contributed by atoms with E-state index in [1.807, 2.05) is 0 Å². The number of hydrogen-bond acceptors (Lipinski definition) is 16. The molecule has 1 saturated heterocycles. The second kappa shape index (κ2) is 16.2. The summed E-state index contributed by atoms with van der Waals surface area (Å²) in [6.07, 6.45) is -10.2. The van der Waals surface area contributed by atoms with E-state index in [4.69, 9.17) is 42.6 Å². The number of hydrogen-bond donors (Lipinski definition) is 0. The standard InChI is InChI=1S/C27H38O16/c1-12(28)35-10-19-8-20(37-14(3)30)9-21(23(19)38-15(4)31)42-27-26(41-18(7)34)25(40-17(6)33)24(39-16(5)32)22(43-27)11-36-13(2)29/h19-27H,8-11H2,1-7H3/t19-,20-,21-,22+,23-,24+,25-,26+,27+/m0/s1. The van der Waals surface area contributed by atoms with Crippen LogP contribution < -0.4 is 0 Å². The average molecular weight is 619 g/mol. The Hall–Kier alpha value is -3.79. The molecule has 0 radical (unpaired) electrons. The first kappa shape index (κ1) is 35.4.